The van der Waals surface area contributed by atoms with E-state index in [-0.39, 0.29) is 24.4 Å². The van der Waals surface area contributed by atoms with Crippen LogP contribution in [0.3, 0.4) is 0 Å². The molecule has 2 amide bonds. The molecule has 0 radical (unpaired) electrons. The average Bonchev–Trinajstić information content (AvgIpc) is 2.90. The highest BCUT2D eigenvalue weighted by Gasteiger charge is 2.19. The Balaban J connectivity index is 0.00000121. The van der Waals surface area contributed by atoms with Crippen molar-refractivity contribution in [2.24, 2.45) is 0 Å². The summed E-state index contributed by atoms with van der Waals surface area (Å²) in [6.45, 7) is 7.53. The number of carbonyl (C=O) groups excluding carboxylic acids is 2. The highest BCUT2D eigenvalue weighted by atomic mass is 16.2. The van der Waals surface area contributed by atoms with Crippen LogP contribution in [0.1, 0.15) is 33.6 Å². The van der Waals surface area contributed by atoms with Gasteiger partial charge in [-0.1, -0.05) is 13.8 Å². The van der Waals surface area contributed by atoms with Crippen LogP contribution in [0, 0.1) is 0 Å². The lowest BCUT2D eigenvalue weighted by atomic mass is 10.3. The number of likely N-dealkylation sites (tertiary alicyclic amines) is 1. The standard InChI is InChI=1S/C10H19N3O2.C2H6/c1-8(11-2)10(15)12-7-9(14)13-5-3-4-6-13;1-2/h8,11H,3-7H2,1-2H3,(H,12,15);1-2H3. The van der Waals surface area contributed by atoms with Crippen molar-refractivity contribution in [2.45, 2.75) is 39.7 Å². The summed E-state index contributed by atoms with van der Waals surface area (Å²) in [5.41, 5.74) is 0. The van der Waals surface area contributed by atoms with Crippen LogP contribution in [-0.4, -0.2) is 49.4 Å². The van der Waals surface area contributed by atoms with E-state index < -0.39 is 0 Å². The lowest BCUT2D eigenvalue weighted by Gasteiger charge is -2.16. The molecule has 1 heterocycles. The van der Waals surface area contributed by atoms with Gasteiger partial charge >= 0.3 is 0 Å². The van der Waals surface area contributed by atoms with Gasteiger partial charge in [-0.2, -0.15) is 0 Å². The van der Waals surface area contributed by atoms with Crippen LogP contribution in [0.5, 0.6) is 0 Å². The molecule has 0 aromatic carbocycles. The quantitative estimate of drug-likeness (QED) is 0.749. The maximum Gasteiger partial charge on any atom is 0.241 e. The van der Waals surface area contributed by atoms with E-state index >= 15 is 0 Å². The molecule has 5 nitrogen and oxygen atoms in total. The first-order chi connectivity index (χ1) is 8.15. The Morgan fingerprint density at radius 1 is 1.24 bits per heavy atom. The molecule has 1 atom stereocenters. The minimum absolute atomic E-state index is 0.0177. The fourth-order valence-electron chi connectivity index (χ4n) is 1.53. The predicted octanol–water partition coefficient (Wildman–Crippen LogP) is 0.359. The summed E-state index contributed by atoms with van der Waals surface area (Å²) < 4.78 is 0. The van der Waals surface area contributed by atoms with Crippen LogP contribution >= 0.6 is 0 Å². The van der Waals surface area contributed by atoms with Crippen LogP contribution in [0.2, 0.25) is 0 Å². The van der Waals surface area contributed by atoms with Gasteiger partial charge in [-0.15, -0.1) is 0 Å². The Bertz CT molecular complexity index is 238. The van der Waals surface area contributed by atoms with Gasteiger partial charge in [0.2, 0.25) is 11.8 Å². The molecule has 17 heavy (non-hydrogen) atoms. The first-order valence-electron chi connectivity index (χ1n) is 6.38. The Hall–Kier alpha value is -1.10. The molecule has 1 unspecified atom stereocenters. The number of rotatable bonds is 4. The zero-order valence-corrected chi connectivity index (χ0v) is 11.4. The predicted molar refractivity (Wildman–Crippen MR) is 68.7 cm³/mol. The molecule has 0 bridgehead atoms. The number of hydrogen-bond acceptors (Lipinski definition) is 3. The van der Waals surface area contributed by atoms with Crippen LogP contribution in [0.25, 0.3) is 0 Å². The summed E-state index contributed by atoms with van der Waals surface area (Å²) >= 11 is 0. The molecule has 0 spiro atoms. The van der Waals surface area contributed by atoms with Gasteiger partial charge in [-0.3, -0.25) is 9.59 Å². The second-order valence-electron chi connectivity index (χ2n) is 3.82. The molecule has 5 heteroatoms. The molecule has 2 N–H and O–H groups in total. The summed E-state index contributed by atoms with van der Waals surface area (Å²) in [6, 6.07) is -0.253. The number of amides is 2. The minimum Gasteiger partial charge on any atom is -0.346 e. The van der Waals surface area contributed by atoms with Gasteiger partial charge in [0.1, 0.15) is 0 Å². The average molecular weight is 243 g/mol. The molecular formula is C12H25N3O2. The molecule has 1 saturated heterocycles. The highest BCUT2D eigenvalue weighted by Crippen LogP contribution is 2.06. The smallest absolute Gasteiger partial charge is 0.241 e. The number of nitrogens with zero attached hydrogens (tertiary/aromatic N) is 1. The van der Waals surface area contributed by atoms with E-state index in [4.69, 9.17) is 0 Å². The Morgan fingerprint density at radius 3 is 2.24 bits per heavy atom. The van der Waals surface area contributed by atoms with E-state index in [0.29, 0.717) is 0 Å². The molecule has 1 fully saturated rings. The second-order valence-corrected chi connectivity index (χ2v) is 3.82. The van der Waals surface area contributed by atoms with E-state index in [9.17, 15) is 9.59 Å². The summed E-state index contributed by atoms with van der Waals surface area (Å²) in [6.07, 6.45) is 2.15. The van der Waals surface area contributed by atoms with Gasteiger partial charge in [0.05, 0.1) is 12.6 Å². The molecule has 100 valence electrons. The topological polar surface area (TPSA) is 61.4 Å². The molecule has 0 aromatic heterocycles. The zero-order chi connectivity index (χ0) is 13.3. The number of hydrogen-bond donors (Lipinski definition) is 2. The third-order valence-corrected chi connectivity index (χ3v) is 2.70. The molecule has 1 rings (SSSR count). The maximum absolute atomic E-state index is 11.6. The summed E-state index contributed by atoms with van der Waals surface area (Å²) in [5, 5.41) is 5.44. The normalized spacial score (nSPS) is 15.9. The van der Waals surface area contributed by atoms with Gasteiger partial charge < -0.3 is 15.5 Å². The van der Waals surface area contributed by atoms with Gasteiger partial charge in [0.15, 0.2) is 0 Å². The van der Waals surface area contributed by atoms with Crippen molar-refractivity contribution in [1.29, 1.82) is 0 Å². The molecular weight excluding hydrogens is 218 g/mol. The van der Waals surface area contributed by atoms with Crippen molar-refractivity contribution in [1.82, 2.24) is 15.5 Å². The first kappa shape index (κ1) is 15.9. The fraction of sp³-hybridized carbons (Fsp3) is 0.833. The molecule has 0 aromatic rings. The monoisotopic (exact) mass is 243 g/mol. The Morgan fingerprint density at radius 2 is 1.76 bits per heavy atom. The maximum atomic E-state index is 11.6. The molecule has 0 saturated carbocycles. The van der Waals surface area contributed by atoms with Crippen molar-refractivity contribution < 1.29 is 9.59 Å². The summed E-state index contributed by atoms with van der Waals surface area (Å²) in [4.78, 5) is 24.7. The van der Waals surface area contributed by atoms with Crippen LogP contribution in [0.4, 0.5) is 0 Å². The van der Waals surface area contributed by atoms with Gasteiger partial charge in [-0.25, -0.2) is 0 Å². The number of carbonyl (C=O) groups is 2. The van der Waals surface area contributed by atoms with E-state index in [0.717, 1.165) is 25.9 Å². The van der Waals surface area contributed by atoms with Crippen molar-refractivity contribution >= 4 is 11.8 Å². The van der Waals surface area contributed by atoms with Gasteiger partial charge in [-0.05, 0) is 26.8 Å². The van der Waals surface area contributed by atoms with Crippen LogP contribution in [0.15, 0.2) is 0 Å². The third-order valence-electron chi connectivity index (χ3n) is 2.70. The molecule has 1 aliphatic heterocycles. The van der Waals surface area contributed by atoms with Gasteiger partial charge in [0, 0.05) is 13.1 Å². The van der Waals surface area contributed by atoms with Crippen molar-refractivity contribution in [3.63, 3.8) is 0 Å². The largest absolute Gasteiger partial charge is 0.346 e. The second kappa shape index (κ2) is 8.98. The molecule has 1 aliphatic rings. The van der Waals surface area contributed by atoms with E-state index in [1.54, 1.807) is 18.9 Å². The number of likely N-dealkylation sites (N-methyl/N-ethyl adjacent to an activating group) is 1. The van der Waals surface area contributed by atoms with E-state index in [1.165, 1.54) is 0 Å². The zero-order valence-electron chi connectivity index (χ0n) is 11.4. The van der Waals surface area contributed by atoms with Crippen molar-refractivity contribution in [3.8, 4) is 0 Å². The van der Waals surface area contributed by atoms with E-state index in [1.807, 2.05) is 13.8 Å². The third kappa shape index (κ3) is 5.68. The van der Waals surface area contributed by atoms with Crippen molar-refractivity contribution in [2.75, 3.05) is 26.7 Å². The lowest BCUT2D eigenvalue weighted by molar-refractivity contribution is -0.132. The number of nitrogens with one attached hydrogen (secondary N) is 2. The summed E-state index contributed by atoms with van der Waals surface area (Å²) in [7, 11) is 1.71. The SMILES string of the molecule is CC.CNC(C)C(=O)NCC(=O)N1CCCC1. The first-order valence-corrected chi connectivity index (χ1v) is 6.38. The molecule has 0 aliphatic carbocycles. The minimum atomic E-state index is -0.253. The van der Waals surface area contributed by atoms with Gasteiger partial charge in [0.25, 0.3) is 0 Å². The fourth-order valence-corrected chi connectivity index (χ4v) is 1.53. The van der Waals surface area contributed by atoms with Crippen LogP contribution in [-0.2, 0) is 9.59 Å². The Labute approximate surface area is 104 Å². The Kier molecular flexibility index (Phi) is 8.40. The van der Waals surface area contributed by atoms with Crippen molar-refractivity contribution in [3.05, 3.63) is 0 Å². The lowest BCUT2D eigenvalue weighted by Crippen LogP contribution is -2.45. The highest BCUT2D eigenvalue weighted by molar-refractivity contribution is 5.87. The van der Waals surface area contributed by atoms with Crippen LogP contribution < -0.4 is 10.6 Å². The summed E-state index contributed by atoms with van der Waals surface area (Å²) in [5.74, 6) is -0.116. The van der Waals surface area contributed by atoms with E-state index in [2.05, 4.69) is 10.6 Å².